The van der Waals surface area contributed by atoms with Crippen LogP contribution in [0.15, 0.2) is 0 Å². The van der Waals surface area contributed by atoms with Crippen molar-refractivity contribution >= 4 is 5.91 Å². The molecule has 0 aliphatic rings. The van der Waals surface area contributed by atoms with Crippen molar-refractivity contribution in [1.82, 2.24) is 5.32 Å². The third-order valence-electron chi connectivity index (χ3n) is 2.44. The summed E-state index contributed by atoms with van der Waals surface area (Å²) in [7, 11) is 0. The van der Waals surface area contributed by atoms with Gasteiger partial charge in [0.15, 0.2) is 0 Å². The van der Waals surface area contributed by atoms with Crippen LogP contribution >= 0.6 is 0 Å². The molecule has 0 spiro atoms. The highest BCUT2D eigenvalue weighted by Crippen LogP contribution is 2.09. The average Bonchev–Trinajstić information content (AvgIpc) is 1.98. The molecular weight excluding hydrogens is 200 g/mol. The summed E-state index contributed by atoms with van der Waals surface area (Å²) in [5, 5.41) is 2.99. The second-order valence-corrected chi connectivity index (χ2v) is 5.96. The van der Waals surface area contributed by atoms with E-state index in [0.717, 1.165) is 12.3 Å². The second-order valence-electron chi connectivity index (χ2n) is 5.96. The van der Waals surface area contributed by atoms with Gasteiger partial charge in [0, 0.05) is 18.0 Å². The van der Waals surface area contributed by atoms with Crippen LogP contribution in [0.3, 0.4) is 0 Å². The van der Waals surface area contributed by atoms with Gasteiger partial charge < -0.3 is 11.1 Å². The number of carbonyl (C=O) groups excluding carboxylic acids is 1. The first-order valence-electron chi connectivity index (χ1n) is 6.29. The van der Waals surface area contributed by atoms with Gasteiger partial charge in [0.05, 0.1) is 0 Å². The molecule has 0 saturated heterocycles. The van der Waals surface area contributed by atoms with Gasteiger partial charge in [-0.25, -0.2) is 0 Å². The fourth-order valence-electron chi connectivity index (χ4n) is 1.64. The Hall–Kier alpha value is -0.570. The van der Waals surface area contributed by atoms with E-state index in [1.165, 1.54) is 12.8 Å². The summed E-state index contributed by atoms with van der Waals surface area (Å²) in [5.41, 5.74) is 5.38. The van der Waals surface area contributed by atoms with E-state index in [1.807, 2.05) is 13.8 Å². The van der Waals surface area contributed by atoms with E-state index in [2.05, 4.69) is 26.1 Å². The molecule has 3 nitrogen and oxygen atoms in total. The lowest BCUT2D eigenvalue weighted by Crippen LogP contribution is -2.41. The largest absolute Gasteiger partial charge is 0.354 e. The van der Waals surface area contributed by atoms with E-state index in [9.17, 15) is 4.79 Å². The van der Waals surface area contributed by atoms with Crippen LogP contribution in [0.25, 0.3) is 0 Å². The zero-order valence-corrected chi connectivity index (χ0v) is 11.5. The quantitative estimate of drug-likeness (QED) is 0.703. The first-order valence-corrected chi connectivity index (χ1v) is 6.29. The third kappa shape index (κ3) is 9.97. The maximum Gasteiger partial charge on any atom is 0.222 e. The Labute approximate surface area is 100 Å². The minimum absolute atomic E-state index is 0.0598. The molecule has 3 N–H and O–H groups in total. The molecule has 0 radical (unpaired) electrons. The van der Waals surface area contributed by atoms with Gasteiger partial charge in [-0.05, 0) is 33.1 Å². The lowest BCUT2D eigenvalue weighted by molar-refractivity contribution is -0.122. The Bertz CT molecular complexity index is 206. The van der Waals surface area contributed by atoms with Crippen LogP contribution in [0.1, 0.15) is 60.3 Å². The molecule has 0 aliphatic carbocycles. The normalized spacial score (nSPS) is 13.9. The summed E-state index contributed by atoms with van der Waals surface area (Å²) in [5.74, 6) is 0.801. The first kappa shape index (κ1) is 15.4. The van der Waals surface area contributed by atoms with Crippen molar-refractivity contribution in [3.8, 4) is 0 Å². The van der Waals surface area contributed by atoms with Crippen LogP contribution in [0.5, 0.6) is 0 Å². The first-order chi connectivity index (χ1) is 7.20. The summed E-state index contributed by atoms with van der Waals surface area (Å²) in [6, 6.07) is 0.258. The Morgan fingerprint density at radius 2 is 1.81 bits per heavy atom. The minimum Gasteiger partial charge on any atom is -0.354 e. The lowest BCUT2D eigenvalue weighted by Gasteiger charge is -2.20. The molecular formula is C13H28N2O. The molecule has 0 aromatic rings. The molecule has 96 valence electrons. The van der Waals surface area contributed by atoms with Gasteiger partial charge in [0.2, 0.25) is 5.91 Å². The molecule has 0 aromatic carbocycles. The number of hydrogen-bond donors (Lipinski definition) is 2. The Morgan fingerprint density at radius 3 is 2.25 bits per heavy atom. The summed E-state index contributed by atoms with van der Waals surface area (Å²) in [6.07, 6.45) is 3.84. The Kier molecular flexibility index (Phi) is 6.65. The molecule has 1 unspecified atom stereocenters. The van der Waals surface area contributed by atoms with Crippen molar-refractivity contribution in [3.05, 3.63) is 0 Å². The monoisotopic (exact) mass is 228 g/mol. The average molecular weight is 228 g/mol. The van der Waals surface area contributed by atoms with Gasteiger partial charge in [-0.1, -0.05) is 26.7 Å². The number of rotatable bonds is 7. The zero-order valence-electron chi connectivity index (χ0n) is 11.5. The SMILES string of the molecule is CC(C)CCCC(C)NC(=O)CC(C)(C)N. The maximum absolute atomic E-state index is 11.6. The molecule has 0 saturated carbocycles. The fraction of sp³-hybridized carbons (Fsp3) is 0.923. The predicted molar refractivity (Wildman–Crippen MR) is 69.2 cm³/mol. The maximum atomic E-state index is 11.6. The van der Waals surface area contributed by atoms with Crippen molar-refractivity contribution in [2.75, 3.05) is 0 Å². The van der Waals surface area contributed by atoms with Crippen molar-refractivity contribution in [2.45, 2.75) is 71.9 Å². The van der Waals surface area contributed by atoms with Crippen molar-refractivity contribution < 1.29 is 4.79 Å². The fourth-order valence-corrected chi connectivity index (χ4v) is 1.64. The van der Waals surface area contributed by atoms with Gasteiger partial charge in [0.25, 0.3) is 0 Å². The summed E-state index contributed by atoms with van der Waals surface area (Å²) in [4.78, 5) is 11.6. The molecule has 0 aliphatic heterocycles. The van der Waals surface area contributed by atoms with E-state index >= 15 is 0 Å². The smallest absolute Gasteiger partial charge is 0.222 e. The standard InChI is InChI=1S/C13H28N2O/c1-10(2)7-6-8-11(3)15-12(16)9-13(4,5)14/h10-11H,6-9,14H2,1-5H3,(H,15,16). The van der Waals surface area contributed by atoms with Gasteiger partial charge in [-0.15, -0.1) is 0 Å². The molecule has 0 bridgehead atoms. The van der Waals surface area contributed by atoms with Crippen LogP contribution in [-0.4, -0.2) is 17.5 Å². The number of nitrogens with two attached hydrogens (primary N) is 1. The molecule has 0 fully saturated rings. The molecule has 1 amide bonds. The highest BCUT2D eigenvalue weighted by Gasteiger charge is 2.17. The van der Waals surface area contributed by atoms with Crippen LogP contribution in [0.4, 0.5) is 0 Å². The zero-order chi connectivity index (χ0) is 12.8. The summed E-state index contributed by atoms with van der Waals surface area (Å²) in [6.45, 7) is 10.2. The summed E-state index contributed by atoms with van der Waals surface area (Å²) >= 11 is 0. The molecule has 16 heavy (non-hydrogen) atoms. The predicted octanol–water partition coefficient (Wildman–Crippen LogP) is 2.44. The highest BCUT2D eigenvalue weighted by molar-refractivity contribution is 5.77. The highest BCUT2D eigenvalue weighted by atomic mass is 16.1. The topological polar surface area (TPSA) is 55.1 Å². The van der Waals surface area contributed by atoms with E-state index < -0.39 is 5.54 Å². The Morgan fingerprint density at radius 1 is 1.25 bits per heavy atom. The number of hydrogen-bond acceptors (Lipinski definition) is 2. The second kappa shape index (κ2) is 6.89. The summed E-state index contributed by atoms with van der Waals surface area (Å²) < 4.78 is 0. The van der Waals surface area contributed by atoms with Crippen LogP contribution in [0, 0.1) is 5.92 Å². The lowest BCUT2D eigenvalue weighted by atomic mass is 10.0. The molecule has 3 heteroatoms. The van der Waals surface area contributed by atoms with Gasteiger partial charge in [0.1, 0.15) is 0 Å². The van der Waals surface area contributed by atoms with Gasteiger partial charge in [-0.3, -0.25) is 4.79 Å². The van der Waals surface area contributed by atoms with Crippen LogP contribution < -0.4 is 11.1 Å². The molecule has 0 rings (SSSR count). The molecule has 0 aromatic heterocycles. The van der Waals surface area contributed by atoms with E-state index in [-0.39, 0.29) is 11.9 Å². The number of carbonyl (C=O) groups is 1. The number of amides is 1. The van der Waals surface area contributed by atoms with Gasteiger partial charge in [-0.2, -0.15) is 0 Å². The van der Waals surface area contributed by atoms with Crippen molar-refractivity contribution in [3.63, 3.8) is 0 Å². The third-order valence-corrected chi connectivity index (χ3v) is 2.44. The van der Waals surface area contributed by atoms with E-state index in [0.29, 0.717) is 6.42 Å². The Balaban J connectivity index is 3.70. The van der Waals surface area contributed by atoms with E-state index in [1.54, 1.807) is 0 Å². The van der Waals surface area contributed by atoms with Crippen LogP contribution in [0.2, 0.25) is 0 Å². The molecule has 0 heterocycles. The van der Waals surface area contributed by atoms with Gasteiger partial charge >= 0.3 is 0 Å². The molecule has 1 atom stereocenters. The minimum atomic E-state index is -0.415. The van der Waals surface area contributed by atoms with E-state index in [4.69, 9.17) is 5.73 Å². The van der Waals surface area contributed by atoms with Crippen LogP contribution in [-0.2, 0) is 4.79 Å². The van der Waals surface area contributed by atoms with Crippen molar-refractivity contribution in [1.29, 1.82) is 0 Å². The number of nitrogens with one attached hydrogen (secondary N) is 1. The van der Waals surface area contributed by atoms with Crippen molar-refractivity contribution in [2.24, 2.45) is 11.7 Å².